The molecule has 0 saturated heterocycles. The lowest BCUT2D eigenvalue weighted by molar-refractivity contribution is -0.173. The summed E-state index contributed by atoms with van der Waals surface area (Å²) >= 11 is 0. The van der Waals surface area contributed by atoms with E-state index < -0.39 is 63.4 Å². The van der Waals surface area contributed by atoms with E-state index in [9.17, 15) is 14.4 Å². The summed E-state index contributed by atoms with van der Waals surface area (Å²) in [4.78, 5) is 39.1. The third-order valence-corrected chi connectivity index (χ3v) is 7.43. The Kier molecular flexibility index (Phi) is 11.3. The maximum Gasteiger partial charge on any atom is 0.337 e. The highest BCUT2D eigenvalue weighted by atomic mass is 28.4. The highest BCUT2D eigenvalue weighted by molar-refractivity contribution is 6.72. The summed E-state index contributed by atoms with van der Waals surface area (Å²) in [5, 5.41) is 0. The number of carbonyl (C=O) groups excluding carboxylic acids is 3. The van der Waals surface area contributed by atoms with Gasteiger partial charge in [0.25, 0.3) is 0 Å². The average Bonchev–Trinajstić information content (AvgIpc) is 2.65. The first kappa shape index (κ1) is 33.0. The molecule has 0 spiro atoms. The van der Waals surface area contributed by atoms with Crippen LogP contribution in [0.2, 0.25) is 78.6 Å². The van der Waals surface area contributed by atoms with Gasteiger partial charge < -0.3 is 22.4 Å². The van der Waals surface area contributed by atoms with Crippen molar-refractivity contribution in [1.82, 2.24) is 0 Å². The first-order valence-corrected chi connectivity index (χ1v) is 26.0. The fourth-order valence-electron chi connectivity index (χ4n) is 2.90. The Bertz CT molecular complexity index is 965. The van der Waals surface area contributed by atoms with Gasteiger partial charge in [0.1, 0.15) is 5.75 Å². The molecule has 8 nitrogen and oxygen atoms in total. The second kappa shape index (κ2) is 12.7. The number of hydrogen-bond donors (Lipinski definition) is 0. The minimum absolute atomic E-state index is 0.728. The molecular formula is C25H44O8Si4. The molecule has 0 heterocycles. The molecule has 0 amide bonds. The molecule has 0 aromatic heterocycles. The van der Waals surface area contributed by atoms with Gasteiger partial charge in [0.2, 0.25) is 31.1 Å². The van der Waals surface area contributed by atoms with Gasteiger partial charge in [-0.2, -0.15) is 0 Å². The molecular weight excluding hydrogens is 541 g/mol. The minimum Gasteiger partial charge on any atom is -0.544 e. The van der Waals surface area contributed by atoms with Crippen LogP contribution in [0.5, 0.6) is 5.75 Å². The maximum absolute atomic E-state index is 13.2. The van der Waals surface area contributed by atoms with Crippen molar-refractivity contribution in [2.45, 2.75) is 90.8 Å². The molecule has 1 aromatic carbocycles. The molecule has 12 heteroatoms. The van der Waals surface area contributed by atoms with Gasteiger partial charge in [-0.25, -0.2) is 9.59 Å². The van der Waals surface area contributed by atoms with Crippen molar-refractivity contribution in [3.63, 3.8) is 0 Å². The van der Waals surface area contributed by atoms with Crippen molar-refractivity contribution in [3.05, 3.63) is 35.9 Å². The first-order valence-electron chi connectivity index (χ1n) is 12.4. The molecule has 0 N–H and O–H groups in total. The number of rotatable bonds is 12. The van der Waals surface area contributed by atoms with Crippen LogP contribution in [-0.2, 0) is 32.4 Å². The highest BCUT2D eigenvalue weighted by Gasteiger charge is 2.44. The predicted octanol–water partition coefficient (Wildman–Crippen LogP) is 5.80. The molecule has 0 bridgehead atoms. The summed E-state index contributed by atoms with van der Waals surface area (Å²) in [6.07, 6.45) is -0.237. The van der Waals surface area contributed by atoms with Gasteiger partial charge in [0.15, 0.2) is 14.4 Å². The molecule has 0 aliphatic carbocycles. The molecule has 0 aliphatic rings. The molecule has 1 rings (SSSR count). The zero-order valence-corrected chi connectivity index (χ0v) is 28.4. The summed E-state index contributed by atoms with van der Waals surface area (Å²) in [5.41, 5.74) is 0.745. The topological polar surface area (TPSA) is 97.4 Å². The summed E-state index contributed by atoms with van der Waals surface area (Å²) in [6.45, 7) is 22.9. The standard InChI is InChI=1S/C25H44O8Si4/c1-34(2,3)30-20-16-13-19(14-17-20)15-18-21(26)29-22(24(27)32-36(7,8)9)23(31-35(4,5)6)25(28)33-37(10,11)12/h13-18,22-23H,1-12H3/b18-15-. The number of carbonyl (C=O) groups is 3. The molecule has 208 valence electrons. The molecule has 37 heavy (non-hydrogen) atoms. The molecule has 1 aromatic rings. The van der Waals surface area contributed by atoms with Crippen molar-refractivity contribution in [2.75, 3.05) is 0 Å². The van der Waals surface area contributed by atoms with Crippen LogP contribution in [0.15, 0.2) is 30.3 Å². The summed E-state index contributed by atoms with van der Waals surface area (Å²) < 4.78 is 28.8. The van der Waals surface area contributed by atoms with Gasteiger partial charge in [-0.3, -0.25) is 4.79 Å². The SMILES string of the molecule is C[Si](C)(C)OC(=O)C(OC(=O)/C=C\c1ccc(O[Si](C)(C)C)cc1)C(O[Si](C)(C)C)C(=O)O[Si](C)(C)C. The number of benzene rings is 1. The molecule has 0 fully saturated rings. The lowest BCUT2D eigenvalue weighted by atomic mass is 10.2. The van der Waals surface area contributed by atoms with E-state index in [0.717, 1.165) is 11.3 Å². The van der Waals surface area contributed by atoms with Crippen LogP contribution in [0, 0.1) is 0 Å². The van der Waals surface area contributed by atoms with Gasteiger partial charge in [-0.15, -0.1) is 0 Å². The van der Waals surface area contributed by atoms with Crippen molar-refractivity contribution < 1.29 is 36.8 Å². The Morgan fingerprint density at radius 3 is 1.51 bits per heavy atom. The summed E-state index contributed by atoms with van der Waals surface area (Å²) in [7, 11) is -8.79. The van der Waals surface area contributed by atoms with Gasteiger partial charge >= 0.3 is 17.9 Å². The Balaban J connectivity index is 3.22. The van der Waals surface area contributed by atoms with Gasteiger partial charge in [-0.05, 0) is 102 Å². The quantitative estimate of drug-likeness (QED) is 0.173. The number of hydrogen-bond acceptors (Lipinski definition) is 8. The van der Waals surface area contributed by atoms with E-state index >= 15 is 0 Å². The van der Waals surface area contributed by atoms with Crippen LogP contribution in [0.25, 0.3) is 6.08 Å². The highest BCUT2D eigenvalue weighted by Crippen LogP contribution is 2.21. The van der Waals surface area contributed by atoms with Gasteiger partial charge in [0, 0.05) is 6.08 Å². The number of esters is 1. The minimum atomic E-state index is -2.37. The fraction of sp³-hybridized carbons (Fsp3) is 0.560. The Morgan fingerprint density at radius 2 is 1.11 bits per heavy atom. The lowest BCUT2D eigenvalue weighted by Gasteiger charge is -2.32. The van der Waals surface area contributed by atoms with Crippen LogP contribution in [0.1, 0.15) is 5.56 Å². The van der Waals surface area contributed by atoms with E-state index in [1.165, 1.54) is 6.08 Å². The second-order valence-corrected chi connectivity index (χ2v) is 30.4. The average molecular weight is 585 g/mol. The third kappa shape index (κ3) is 14.5. The maximum atomic E-state index is 13.2. The van der Waals surface area contributed by atoms with E-state index in [1.54, 1.807) is 6.08 Å². The number of ether oxygens (including phenoxy) is 1. The Labute approximate surface area is 226 Å². The molecule has 2 unspecified atom stereocenters. The zero-order chi connectivity index (χ0) is 28.8. The van der Waals surface area contributed by atoms with Crippen molar-refractivity contribution in [3.8, 4) is 5.75 Å². The van der Waals surface area contributed by atoms with E-state index in [2.05, 4.69) is 19.6 Å². The Morgan fingerprint density at radius 1 is 0.649 bits per heavy atom. The van der Waals surface area contributed by atoms with Gasteiger partial charge in [-0.1, -0.05) is 12.1 Å². The van der Waals surface area contributed by atoms with E-state index in [0.29, 0.717) is 0 Å². The molecule has 2 atom stereocenters. The smallest absolute Gasteiger partial charge is 0.337 e. The van der Waals surface area contributed by atoms with Crippen LogP contribution in [0.4, 0.5) is 0 Å². The van der Waals surface area contributed by atoms with Crippen LogP contribution in [-0.4, -0.2) is 63.4 Å². The van der Waals surface area contributed by atoms with E-state index in [-0.39, 0.29) is 0 Å². The van der Waals surface area contributed by atoms with Gasteiger partial charge in [0.05, 0.1) is 0 Å². The Hall–Kier alpha value is -2.00. The normalized spacial score (nSPS) is 14.6. The monoisotopic (exact) mass is 584 g/mol. The van der Waals surface area contributed by atoms with Crippen molar-refractivity contribution in [1.29, 1.82) is 0 Å². The van der Waals surface area contributed by atoms with E-state index in [4.69, 9.17) is 22.4 Å². The van der Waals surface area contributed by atoms with E-state index in [1.807, 2.05) is 83.2 Å². The largest absolute Gasteiger partial charge is 0.544 e. The molecule has 0 radical (unpaired) electrons. The summed E-state index contributed by atoms with van der Waals surface area (Å²) in [5.74, 6) is -1.58. The first-order chi connectivity index (χ1) is 16.5. The van der Waals surface area contributed by atoms with Crippen LogP contribution in [0.3, 0.4) is 0 Å². The fourth-order valence-corrected chi connectivity index (χ4v) is 6.16. The van der Waals surface area contributed by atoms with Crippen molar-refractivity contribution >= 4 is 57.3 Å². The molecule has 0 saturated carbocycles. The van der Waals surface area contributed by atoms with Crippen LogP contribution < -0.4 is 4.43 Å². The molecule has 0 aliphatic heterocycles. The third-order valence-electron chi connectivity index (χ3n) is 3.99. The van der Waals surface area contributed by atoms with Crippen molar-refractivity contribution in [2.24, 2.45) is 0 Å². The summed E-state index contributed by atoms with van der Waals surface area (Å²) in [6, 6.07) is 7.31. The van der Waals surface area contributed by atoms with Crippen LogP contribution >= 0.6 is 0 Å². The lowest BCUT2D eigenvalue weighted by Crippen LogP contribution is -2.53. The predicted molar refractivity (Wildman–Crippen MR) is 156 cm³/mol. The second-order valence-electron chi connectivity index (χ2n) is 12.7. The zero-order valence-electron chi connectivity index (χ0n) is 24.4.